The lowest BCUT2D eigenvalue weighted by atomic mass is 10.3. The van der Waals surface area contributed by atoms with Gasteiger partial charge in [0.05, 0.1) is 6.61 Å². The maximum atomic E-state index is 11.6. The van der Waals surface area contributed by atoms with E-state index < -0.39 is 0 Å². The first-order chi connectivity index (χ1) is 7.19. The second-order valence-electron chi connectivity index (χ2n) is 4.15. The predicted octanol–water partition coefficient (Wildman–Crippen LogP) is 0.311. The van der Waals surface area contributed by atoms with Crippen molar-refractivity contribution >= 4 is 5.91 Å². The molecule has 0 heterocycles. The van der Waals surface area contributed by atoms with E-state index in [1.807, 2.05) is 14.0 Å². The molecule has 0 aromatic heterocycles. The molecule has 1 saturated carbocycles. The molecule has 4 nitrogen and oxygen atoms in total. The topological polar surface area (TPSA) is 43.8 Å². The normalized spacial score (nSPS) is 15.7. The number of nitrogens with zero attached hydrogens (tertiary/aromatic N) is 2. The van der Waals surface area contributed by atoms with Crippen LogP contribution in [0.3, 0.4) is 0 Å². The van der Waals surface area contributed by atoms with Crippen molar-refractivity contribution in [1.82, 2.24) is 9.80 Å². The molecule has 0 bridgehead atoms. The third-order valence-electron chi connectivity index (χ3n) is 2.96. The van der Waals surface area contributed by atoms with E-state index in [2.05, 4.69) is 4.90 Å². The summed E-state index contributed by atoms with van der Waals surface area (Å²) in [7, 11) is 1.83. The largest absolute Gasteiger partial charge is 0.395 e. The average Bonchev–Trinajstić information content (AvgIpc) is 3.06. The fourth-order valence-electron chi connectivity index (χ4n) is 1.65. The van der Waals surface area contributed by atoms with Crippen LogP contribution >= 0.6 is 0 Å². The summed E-state index contributed by atoms with van der Waals surface area (Å²) < 4.78 is 0. The predicted molar refractivity (Wildman–Crippen MR) is 59.6 cm³/mol. The maximum absolute atomic E-state index is 11.6. The van der Waals surface area contributed by atoms with E-state index in [4.69, 9.17) is 5.11 Å². The quantitative estimate of drug-likeness (QED) is 0.663. The molecule has 1 amide bonds. The van der Waals surface area contributed by atoms with E-state index in [1.165, 1.54) is 12.8 Å². The molecular weight excluding hydrogens is 192 g/mol. The molecule has 0 spiro atoms. The van der Waals surface area contributed by atoms with Gasteiger partial charge in [0.25, 0.3) is 0 Å². The van der Waals surface area contributed by atoms with Crippen LogP contribution in [0.5, 0.6) is 0 Å². The van der Waals surface area contributed by atoms with Gasteiger partial charge in [0.1, 0.15) is 0 Å². The maximum Gasteiger partial charge on any atom is 0.223 e. The number of aliphatic hydroxyl groups excluding tert-OH is 1. The highest BCUT2D eigenvalue weighted by Gasteiger charge is 2.28. The zero-order chi connectivity index (χ0) is 11.3. The summed E-state index contributed by atoms with van der Waals surface area (Å²) in [6.07, 6.45) is 3.01. The van der Waals surface area contributed by atoms with Crippen molar-refractivity contribution in [3.05, 3.63) is 0 Å². The number of rotatable bonds is 7. The van der Waals surface area contributed by atoms with E-state index >= 15 is 0 Å². The van der Waals surface area contributed by atoms with Crippen LogP contribution in [-0.4, -0.2) is 60.1 Å². The van der Waals surface area contributed by atoms with Crippen LogP contribution in [0.15, 0.2) is 0 Å². The SMILES string of the molecule is CCN(C)C(=O)CCN(CCO)C1CC1. The number of amides is 1. The van der Waals surface area contributed by atoms with Crippen molar-refractivity contribution in [2.75, 3.05) is 33.3 Å². The summed E-state index contributed by atoms with van der Waals surface area (Å²) in [5, 5.41) is 8.90. The van der Waals surface area contributed by atoms with Crippen LogP contribution in [0.2, 0.25) is 0 Å². The summed E-state index contributed by atoms with van der Waals surface area (Å²) in [5.74, 6) is 0.195. The monoisotopic (exact) mass is 214 g/mol. The Bertz CT molecular complexity index is 205. The van der Waals surface area contributed by atoms with Crippen LogP contribution < -0.4 is 0 Å². The molecule has 1 rings (SSSR count). The van der Waals surface area contributed by atoms with Crippen molar-refractivity contribution in [3.63, 3.8) is 0 Å². The second kappa shape index (κ2) is 6.08. The fraction of sp³-hybridized carbons (Fsp3) is 0.909. The Morgan fingerprint density at radius 3 is 2.53 bits per heavy atom. The zero-order valence-electron chi connectivity index (χ0n) is 9.78. The van der Waals surface area contributed by atoms with Gasteiger partial charge >= 0.3 is 0 Å². The van der Waals surface area contributed by atoms with Gasteiger partial charge in [0, 0.05) is 39.1 Å². The lowest BCUT2D eigenvalue weighted by molar-refractivity contribution is -0.130. The first-order valence-electron chi connectivity index (χ1n) is 5.78. The number of carbonyl (C=O) groups is 1. The van der Waals surface area contributed by atoms with Crippen LogP contribution in [0.25, 0.3) is 0 Å². The fourth-order valence-corrected chi connectivity index (χ4v) is 1.65. The third-order valence-corrected chi connectivity index (χ3v) is 2.96. The van der Waals surface area contributed by atoms with Crippen LogP contribution in [0.4, 0.5) is 0 Å². The molecule has 0 atom stereocenters. The average molecular weight is 214 g/mol. The standard InChI is InChI=1S/C11H22N2O2/c1-3-12(2)11(15)6-7-13(8-9-14)10-4-5-10/h10,14H,3-9H2,1-2H3. The molecule has 0 aromatic rings. The highest BCUT2D eigenvalue weighted by Crippen LogP contribution is 2.26. The van der Waals surface area contributed by atoms with E-state index in [1.54, 1.807) is 4.90 Å². The highest BCUT2D eigenvalue weighted by molar-refractivity contribution is 5.75. The van der Waals surface area contributed by atoms with E-state index in [9.17, 15) is 4.79 Å². The molecule has 0 unspecified atom stereocenters. The van der Waals surface area contributed by atoms with E-state index in [-0.39, 0.29) is 12.5 Å². The number of carbonyl (C=O) groups excluding carboxylic acids is 1. The van der Waals surface area contributed by atoms with Crippen LogP contribution in [0, 0.1) is 0 Å². The molecule has 0 saturated heterocycles. The second-order valence-corrected chi connectivity index (χ2v) is 4.15. The Kier molecular flexibility index (Phi) is 5.05. The summed E-state index contributed by atoms with van der Waals surface area (Å²) in [6.45, 7) is 4.42. The molecule has 15 heavy (non-hydrogen) atoms. The third kappa shape index (κ3) is 4.18. The number of aliphatic hydroxyl groups is 1. The van der Waals surface area contributed by atoms with Gasteiger partial charge in [-0.25, -0.2) is 0 Å². The Hall–Kier alpha value is -0.610. The van der Waals surface area contributed by atoms with Crippen molar-refractivity contribution in [2.24, 2.45) is 0 Å². The van der Waals surface area contributed by atoms with Crippen LogP contribution in [-0.2, 0) is 4.79 Å². The molecule has 1 N–H and O–H groups in total. The molecule has 1 aliphatic carbocycles. The zero-order valence-corrected chi connectivity index (χ0v) is 9.78. The molecule has 0 radical (unpaired) electrons. The smallest absolute Gasteiger partial charge is 0.223 e. The minimum Gasteiger partial charge on any atom is -0.395 e. The van der Waals surface area contributed by atoms with Crippen LogP contribution in [0.1, 0.15) is 26.2 Å². The van der Waals surface area contributed by atoms with Gasteiger partial charge in [-0.2, -0.15) is 0 Å². The molecule has 0 aliphatic heterocycles. The van der Waals surface area contributed by atoms with Crippen molar-refractivity contribution < 1.29 is 9.90 Å². The molecule has 4 heteroatoms. The van der Waals surface area contributed by atoms with Crippen molar-refractivity contribution in [1.29, 1.82) is 0 Å². The van der Waals surface area contributed by atoms with Crippen molar-refractivity contribution in [3.8, 4) is 0 Å². The lowest BCUT2D eigenvalue weighted by Gasteiger charge is -2.22. The summed E-state index contributed by atoms with van der Waals surface area (Å²) >= 11 is 0. The molecule has 1 fully saturated rings. The first kappa shape index (κ1) is 12.5. The van der Waals surface area contributed by atoms with Gasteiger partial charge in [0.15, 0.2) is 0 Å². The van der Waals surface area contributed by atoms with Crippen molar-refractivity contribution in [2.45, 2.75) is 32.2 Å². The van der Waals surface area contributed by atoms with Gasteiger partial charge in [-0.3, -0.25) is 9.69 Å². The summed E-state index contributed by atoms with van der Waals surface area (Å²) in [4.78, 5) is 15.5. The Balaban J connectivity index is 2.23. The molecular formula is C11H22N2O2. The Morgan fingerprint density at radius 1 is 1.40 bits per heavy atom. The van der Waals surface area contributed by atoms with Gasteiger partial charge in [-0.1, -0.05) is 0 Å². The molecule has 0 aromatic carbocycles. The van der Waals surface area contributed by atoms with Gasteiger partial charge < -0.3 is 10.0 Å². The Labute approximate surface area is 91.9 Å². The lowest BCUT2D eigenvalue weighted by Crippen LogP contribution is -2.34. The number of hydrogen-bond donors (Lipinski definition) is 1. The van der Waals surface area contributed by atoms with Gasteiger partial charge in [0.2, 0.25) is 5.91 Å². The van der Waals surface area contributed by atoms with Gasteiger partial charge in [-0.05, 0) is 19.8 Å². The Morgan fingerprint density at radius 2 is 2.07 bits per heavy atom. The highest BCUT2D eigenvalue weighted by atomic mass is 16.3. The van der Waals surface area contributed by atoms with E-state index in [0.717, 1.165) is 13.1 Å². The summed E-state index contributed by atoms with van der Waals surface area (Å²) in [6, 6.07) is 0.622. The molecule has 88 valence electrons. The number of hydrogen-bond acceptors (Lipinski definition) is 3. The minimum absolute atomic E-state index is 0.189. The van der Waals surface area contributed by atoms with E-state index in [0.29, 0.717) is 19.0 Å². The molecule has 1 aliphatic rings. The first-order valence-corrected chi connectivity index (χ1v) is 5.78. The minimum atomic E-state index is 0.189. The van der Waals surface area contributed by atoms with Gasteiger partial charge in [-0.15, -0.1) is 0 Å². The summed E-state index contributed by atoms with van der Waals surface area (Å²) in [5.41, 5.74) is 0.